The number of pyridine rings is 1. The van der Waals surface area contributed by atoms with Crippen LogP contribution in [-0.2, 0) is 0 Å². The number of methoxy groups -OCH3 is 4. The van der Waals surface area contributed by atoms with E-state index < -0.39 is 0 Å². The summed E-state index contributed by atoms with van der Waals surface area (Å²) in [5.74, 6) is 1.99. The van der Waals surface area contributed by atoms with E-state index in [0.717, 1.165) is 5.39 Å². The van der Waals surface area contributed by atoms with Gasteiger partial charge in [0.25, 0.3) is 0 Å². The summed E-state index contributed by atoms with van der Waals surface area (Å²) < 4.78 is 21.1. The maximum atomic E-state index is 12.6. The van der Waals surface area contributed by atoms with E-state index in [1.807, 2.05) is 12.1 Å². The zero-order valence-corrected chi connectivity index (χ0v) is 17.2. The molecule has 150 valence electrons. The Morgan fingerprint density at radius 3 is 2.14 bits per heavy atom. The Kier molecular flexibility index (Phi) is 6.24. The predicted molar refractivity (Wildman–Crippen MR) is 113 cm³/mol. The maximum Gasteiger partial charge on any atom is 0.185 e. The first-order valence-corrected chi connectivity index (χ1v) is 9.05. The molecule has 0 spiro atoms. The van der Waals surface area contributed by atoms with Gasteiger partial charge in [-0.05, 0) is 42.5 Å². The van der Waals surface area contributed by atoms with E-state index in [0.29, 0.717) is 39.6 Å². The number of ether oxygens (including phenoxy) is 4. The number of allylic oxidation sites excluding steroid dienone is 1. The van der Waals surface area contributed by atoms with Crippen molar-refractivity contribution in [3.63, 3.8) is 0 Å². The molecule has 0 N–H and O–H groups in total. The molecule has 0 aliphatic heterocycles. The van der Waals surface area contributed by atoms with E-state index in [1.165, 1.54) is 13.2 Å². The number of fused-ring (bicyclic) bond motifs is 1. The van der Waals surface area contributed by atoms with Crippen molar-refractivity contribution in [3.05, 3.63) is 58.8 Å². The van der Waals surface area contributed by atoms with Gasteiger partial charge in [-0.3, -0.25) is 4.79 Å². The fraction of sp³-hybridized carbons (Fsp3) is 0.182. The average Bonchev–Trinajstić information content (AvgIpc) is 2.75. The molecule has 7 heteroatoms. The van der Waals surface area contributed by atoms with E-state index in [-0.39, 0.29) is 10.9 Å². The van der Waals surface area contributed by atoms with E-state index in [2.05, 4.69) is 4.98 Å². The van der Waals surface area contributed by atoms with Gasteiger partial charge in [0.2, 0.25) is 0 Å². The van der Waals surface area contributed by atoms with Crippen molar-refractivity contribution in [3.8, 4) is 23.0 Å². The molecule has 0 unspecified atom stereocenters. The van der Waals surface area contributed by atoms with Crippen molar-refractivity contribution in [2.75, 3.05) is 28.4 Å². The molecular weight excluding hydrogens is 394 g/mol. The van der Waals surface area contributed by atoms with Gasteiger partial charge in [0.1, 0.15) is 5.15 Å². The van der Waals surface area contributed by atoms with Gasteiger partial charge < -0.3 is 18.9 Å². The minimum absolute atomic E-state index is 0.200. The highest BCUT2D eigenvalue weighted by Crippen LogP contribution is 2.33. The van der Waals surface area contributed by atoms with Gasteiger partial charge >= 0.3 is 0 Å². The number of hydrogen-bond acceptors (Lipinski definition) is 6. The summed E-state index contributed by atoms with van der Waals surface area (Å²) >= 11 is 6.31. The number of ketones is 1. The van der Waals surface area contributed by atoms with E-state index in [9.17, 15) is 4.79 Å². The van der Waals surface area contributed by atoms with Crippen molar-refractivity contribution in [2.24, 2.45) is 0 Å². The molecule has 0 radical (unpaired) electrons. The second-order valence-electron chi connectivity index (χ2n) is 6.04. The Morgan fingerprint density at radius 1 is 0.862 bits per heavy atom. The molecule has 0 aliphatic rings. The Morgan fingerprint density at radius 2 is 1.48 bits per heavy atom. The molecule has 3 aromatic rings. The summed E-state index contributed by atoms with van der Waals surface area (Å²) in [5, 5.41) is 1.09. The van der Waals surface area contributed by atoms with Crippen molar-refractivity contribution < 1.29 is 23.7 Å². The third kappa shape index (κ3) is 4.27. The predicted octanol–water partition coefficient (Wildman–Crippen LogP) is 4.82. The lowest BCUT2D eigenvalue weighted by atomic mass is 10.1. The van der Waals surface area contributed by atoms with Crippen molar-refractivity contribution in [1.82, 2.24) is 4.98 Å². The molecule has 1 heterocycles. The Balaban J connectivity index is 1.93. The van der Waals surface area contributed by atoms with Crippen LogP contribution in [0.3, 0.4) is 0 Å². The SMILES string of the molecule is COc1ccc(C(=O)C=Cc2cc3cc(OC)c(OC)cc3nc2Cl)cc1OC. The third-order valence-corrected chi connectivity index (χ3v) is 4.69. The van der Waals surface area contributed by atoms with Crippen LogP contribution >= 0.6 is 11.6 Å². The van der Waals surface area contributed by atoms with Gasteiger partial charge in [-0.25, -0.2) is 4.98 Å². The maximum absolute atomic E-state index is 12.6. The molecule has 0 amide bonds. The van der Waals surface area contributed by atoms with Crippen LogP contribution in [0.25, 0.3) is 17.0 Å². The first-order valence-electron chi connectivity index (χ1n) is 8.67. The lowest BCUT2D eigenvalue weighted by molar-refractivity contribution is 0.104. The number of aromatic nitrogens is 1. The molecule has 0 fully saturated rings. The second-order valence-corrected chi connectivity index (χ2v) is 6.39. The molecule has 0 saturated heterocycles. The van der Waals surface area contributed by atoms with E-state index >= 15 is 0 Å². The van der Waals surface area contributed by atoms with Crippen LogP contribution in [0.5, 0.6) is 23.0 Å². The number of hydrogen-bond donors (Lipinski definition) is 0. The summed E-state index contributed by atoms with van der Waals surface area (Å²) in [6, 6.07) is 10.4. The van der Waals surface area contributed by atoms with Crippen LogP contribution in [0, 0.1) is 0 Å². The highest BCUT2D eigenvalue weighted by atomic mass is 35.5. The fourth-order valence-electron chi connectivity index (χ4n) is 2.86. The molecule has 29 heavy (non-hydrogen) atoms. The minimum atomic E-state index is -0.200. The molecule has 6 nitrogen and oxygen atoms in total. The smallest absolute Gasteiger partial charge is 0.185 e. The Bertz CT molecular complexity index is 1090. The number of halogens is 1. The molecular formula is C22H20ClNO5. The highest BCUT2D eigenvalue weighted by Gasteiger charge is 2.11. The standard InChI is InChI=1S/C22H20ClNO5/c1-26-18-8-6-13(10-19(18)27-2)17(25)7-5-14-9-15-11-20(28-3)21(29-4)12-16(15)24-22(14)23/h5-12H,1-4H3. The largest absolute Gasteiger partial charge is 0.493 e. The Labute approximate surface area is 173 Å². The van der Waals surface area contributed by atoms with Crippen LogP contribution in [0.2, 0.25) is 5.15 Å². The van der Waals surface area contributed by atoms with Crippen molar-refractivity contribution >= 4 is 34.4 Å². The monoisotopic (exact) mass is 413 g/mol. The summed E-state index contributed by atoms with van der Waals surface area (Å²) in [6.07, 6.45) is 3.07. The molecule has 3 rings (SSSR count). The number of carbonyl (C=O) groups excluding carboxylic acids is 1. The number of carbonyl (C=O) groups is 1. The number of benzene rings is 2. The van der Waals surface area contributed by atoms with Gasteiger partial charge in [-0.1, -0.05) is 11.6 Å². The summed E-state index contributed by atoms with van der Waals surface area (Å²) in [7, 11) is 6.18. The highest BCUT2D eigenvalue weighted by molar-refractivity contribution is 6.31. The molecule has 0 bridgehead atoms. The molecule has 0 aliphatic carbocycles. The molecule has 1 aromatic heterocycles. The van der Waals surface area contributed by atoms with Gasteiger partial charge in [0, 0.05) is 22.6 Å². The first-order chi connectivity index (χ1) is 14.0. The zero-order chi connectivity index (χ0) is 21.0. The quantitative estimate of drug-likeness (QED) is 0.314. The summed E-state index contributed by atoms with van der Waals surface area (Å²) in [6.45, 7) is 0. The second kappa shape index (κ2) is 8.84. The average molecular weight is 414 g/mol. The Hall–Kier alpha value is -3.25. The normalized spacial score (nSPS) is 10.9. The van der Waals surface area contributed by atoms with Crippen molar-refractivity contribution in [2.45, 2.75) is 0 Å². The van der Waals surface area contributed by atoms with Gasteiger partial charge in [0.05, 0.1) is 34.0 Å². The lowest BCUT2D eigenvalue weighted by Crippen LogP contribution is -1.97. The number of nitrogens with zero attached hydrogens (tertiary/aromatic N) is 1. The summed E-state index contributed by atoms with van der Waals surface area (Å²) in [4.78, 5) is 17.0. The van der Waals surface area contributed by atoms with Crippen LogP contribution in [0.4, 0.5) is 0 Å². The van der Waals surface area contributed by atoms with E-state index in [1.54, 1.807) is 51.7 Å². The van der Waals surface area contributed by atoms with Crippen LogP contribution in [-0.4, -0.2) is 39.2 Å². The van der Waals surface area contributed by atoms with Crippen LogP contribution in [0.1, 0.15) is 15.9 Å². The molecule has 0 atom stereocenters. The third-order valence-electron chi connectivity index (χ3n) is 4.38. The van der Waals surface area contributed by atoms with E-state index in [4.69, 9.17) is 30.5 Å². The first kappa shape index (κ1) is 20.5. The van der Waals surface area contributed by atoms with Gasteiger partial charge in [-0.15, -0.1) is 0 Å². The minimum Gasteiger partial charge on any atom is -0.493 e. The summed E-state index contributed by atoms with van der Waals surface area (Å²) in [5.41, 5.74) is 1.74. The topological polar surface area (TPSA) is 66.9 Å². The molecule has 0 saturated carbocycles. The fourth-order valence-corrected chi connectivity index (χ4v) is 3.07. The number of rotatable bonds is 7. The van der Waals surface area contributed by atoms with Gasteiger partial charge in [0.15, 0.2) is 28.8 Å². The van der Waals surface area contributed by atoms with Crippen molar-refractivity contribution in [1.29, 1.82) is 0 Å². The van der Waals surface area contributed by atoms with Crippen LogP contribution < -0.4 is 18.9 Å². The molecule has 2 aromatic carbocycles. The lowest BCUT2D eigenvalue weighted by Gasteiger charge is -2.10. The van der Waals surface area contributed by atoms with Gasteiger partial charge in [-0.2, -0.15) is 0 Å². The van der Waals surface area contributed by atoms with Crippen LogP contribution in [0.15, 0.2) is 42.5 Å². The zero-order valence-electron chi connectivity index (χ0n) is 16.5.